The van der Waals surface area contributed by atoms with E-state index in [9.17, 15) is 14.4 Å². The number of carboxylic acids is 1. The Bertz CT molecular complexity index is 819. The van der Waals surface area contributed by atoms with Gasteiger partial charge in [0, 0.05) is 10.3 Å². The van der Waals surface area contributed by atoms with E-state index < -0.39 is 36.5 Å². The molecule has 15 heteroatoms. The first-order chi connectivity index (χ1) is 12.9. The van der Waals surface area contributed by atoms with E-state index in [0.29, 0.717) is 0 Å². The molecular formula is C12H14N8O6S. The van der Waals surface area contributed by atoms with Gasteiger partial charge in [-0.25, -0.2) is 14.8 Å². The summed E-state index contributed by atoms with van der Waals surface area (Å²) in [5, 5.41) is 20.4. The molecule has 1 saturated heterocycles. The Morgan fingerprint density at radius 1 is 1.59 bits per heavy atom. The number of carbonyl (C=O) groups excluding carboxylic acids is 2. The van der Waals surface area contributed by atoms with Gasteiger partial charge in [0.25, 0.3) is 11.8 Å². The molecule has 1 aliphatic heterocycles. The van der Waals surface area contributed by atoms with Crippen LogP contribution in [0.15, 0.2) is 15.7 Å². The maximum atomic E-state index is 12.5. The van der Waals surface area contributed by atoms with Crippen LogP contribution in [0.3, 0.4) is 0 Å². The number of azide groups is 1. The molecule has 2 rings (SSSR count). The van der Waals surface area contributed by atoms with Gasteiger partial charge >= 0.3 is 5.97 Å². The van der Waals surface area contributed by atoms with Crippen molar-refractivity contribution in [3.05, 3.63) is 21.5 Å². The van der Waals surface area contributed by atoms with E-state index in [1.807, 2.05) is 0 Å². The van der Waals surface area contributed by atoms with Crippen LogP contribution < -0.4 is 11.1 Å². The van der Waals surface area contributed by atoms with Crippen molar-refractivity contribution in [1.82, 2.24) is 15.4 Å². The molecule has 0 spiro atoms. The average molecular weight is 398 g/mol. The Hall–Kier alpha value is -3.42. The third-order valence-corrected chi connectivity index (χ3v) is 3.95. The number of nitrogens with zero attached hydrogens (tertiary/aromatic N) is 6. The first kappa shape index (κ1) is 19.9. The number of anilines is 1. The molecule has 1 aromatic rings. The van der Waals surface area contributed by atoms with E-state index in [4.69, 9.17) is 21.2 Å². The molecule has 2 atom stereocenters. The largest absolute Gasteiger partial charge is 0.479 e. The molecule has 1 aromatic heterocycles. The number of carbonyl (C=O) groups is 3. The zero-order valence-corrected chi connectivity index (χ0v) is 14.6. The maximum absolute atomic E-state index is 12.5. The smallest absolute Gasteiger partial charge is 0.332 e. The monoisotopic (exact) mass is 398 g/mol. The second-order valence-corrected chi connectivity index (χ2v) is 5.85. The minimum absolute atomic E-state index is 0.147. The molecule has 2 amide bonds. The van der Waals surface area contributed by atoms with Crippen molar-refractivity contribution in [2.24, 2.45) is 10.3 Å². The van der Waals surface area contributed by atoms with Gasteiger partial charge in [-0.2, -0.15) is 0 Å². The SMILES string of the molecule is CON=C(C(=O)N[C@@H]1C(=O)N(OCC(=O)O)[C@H]1CN=[N+]=[N-])c1csc(N)n1. The highest BCUT2D eigenvalue weighted by Crippen LogP contribution is 2.22. The number of oxime groups is 1. The fraction of sp³-hybridized carbons (Fsp3) is 0.417. The predicted octanol–water partition coefficient (Wildman–Crippen LogP) is -0.902. The number of thiazole rings is 1. The summed E-state index contributed by atoms with van der Waals surface area (Å²) in [6.45, 7) is -1.01. The van der Waals surface area contributed by atoms with Crippen molar-refractivity contribution < 1.29 is 29.2 Å². The van der Waals surface area contributed by atoms with Crippen molar-refractivity contribution in [3.8, 4) is 0 Å². The van der Waals surface area contributed by atoms with E-state index in [1.54, 1.807) is 0 Å². The molecule has 0 unspecified atom stereocenters. The lowest BCUT2D eigenvalue weighted by Crippen LogP contribution is -2.72. The fourth-order valence-corrected chi connectivity index (χ4v) is 2.71. The lowest BCUT2D eigenvalue weighted by Gasteiger charge is -2.44. The molecule has 14 nitrogen and oxygen atoms in total. The fourth-order valence-electron chi connectivity index (χ4n) is 2.16. The number of nitrogen functional groups attached to an aromatic ring is 1. The number of aliphatic carboxylic acids is 1. The number of hydrogen-bond donors (Lipinski definition) is 3. The molecule has 1 fully saturated rings. The molecular weight excluding hydrogens is 384 g/mol. The Balaban J connectivity index is 2.13. The topological polar surface area (TPSA) is 205 Å². The molecule has 2 heterocycles. The highest BCUT2D eigenvalue weighted by atomic mass is 32.1. The van der Waals surface area contributed by atoms with Crippen molar-refractivity contribution in [1.29, 1.82) is 0 Å². The number of nitrogens with two attached hydrogens (primary N) is 1. The summed E-state index contributed by atoms with van der Waals surface area (Å²) in [5.74, 6) is -2.80. The van der Waals surface area contributed by atoms with Gasteiger partial charge in [0.1, 0.15) is 18.8 Å². The van der Waals surface area contributed by atoms with Gasteiger partial charge in [-0.15, -0.1) is 11.3 Å². The highest BCUT2D eigenvalue weighted by Gasteiger charge is 2.49. The molecule has 0 bridgehead atoms. The van der Waals surface area contributed by atoms with E-state index in [1.165, 1.54) is 12.5 Å². The number of hydroxylamine groups is 2. The molecule has 0 aliphatic carbocycles. The number of hydrogen-bond acceptors (Lipinski definition) is 10. The van der Waals surface area contributed by atoms with Gasteiger partial charge in [0.2, 0.25) is 0 Å². The van der Waals surface area contributed by atoms with Crippen molar-refractivity contribution in [2.75, 3.05) is 26.0 Å². The lowest BCUT2D eigenvalue weighted by atomic mass is 9.98. The van der Waals surface area contributed by atoms with Crippen LogP contribution in [-0.4, -0.2) is 71.0 Å². The van der Waals surface area contributed by atoms with Gasteiger partial charge in [0.15, 0.2) is 17.5 Å². The summed E-state index contributed by atoms with van der Waals surface area (Å²) in [7, 11) is 1.23. The minimum Gasteiger partial charge on any atom is -0.479 e. The second-order valence-electron chi connectivity index (χ2n) is 4.96. The van der Waals surface area contributed by atoms with Gasteiger partial charge in [-0.1, -0.05) is 10.3 Å². The third kappa shape index (κ3) is 4.60. The number of β-lactam (4-membered cyclic amide) rings is 1. The van der Waals surface area contributed by atoms with E-state index in [-0.39, 0.29) is 23.1 Å². The van der Waals surface area contributed by atoms with Crippen LogP contribution in [0, 0.1) is 0 Å². The molecule has 4 N–H and O–H groups in total. The molecule has 0 aromatic carbocycles. The Morgan fingerprint density at radius 3 is 2.89 bits per heavy atom. The van der Waals surface area contributed by atoms with Gasteiger partial charge in [-0.3, -0.25) is 14.4 Å². The van der Waals surface area contributed by atoms with Gasteiger partial charge in [0.05, 0.1) is 12.6 Å². The quantitative estimate of drug-likeness (QED) is 0.118. The Labute approximate surface area is 155 Å². The van der Waals surface area contributed by atoms with Crippen LogP contribution in [-0.2, 0) is 24.1 Å². The number of amides is 2. The normalized spacial score (nSPS) is 19.1. The molecule has 27 heavy (non-hydrogen) atoms. The summed E-state index contributed by atoms with van der Waals surface area (Å²) in [6, 6.07) is -2.00. The van der Waals surface area contributed by atoms with Crippen molar-refractivity contribution >= 4 is 40.0 Å². The Morgan fingerprint density at radius 2 is 2.33 bits per heavy atom. The van der Waals surface area contributed by atoms with Gasteiger partial charge < -0.3 is 21.0 Å². The molecule has 144 valence electrons. The number of nitrogens with one attached hydrogen (secondary N) is 1. The first-order valence-electron chi connectivity index (χ1n) is 7.21. The summed E-state index contributed by atoms with van der Waals surface area (Å²) in [4.78, 5) is 51.2. The van der Waals surface area contributed by atoms with Crippen molar-refractivity contribution in [2.45, 2.75) is 12.1 Å². The van der Waals surface area contributed by atoms with E-state index in [2.05, 4.69) is 30.3 Å². The van der Waals surface area contributed by atoms with Crippen molar-refractivity contribution in [3.63, 3.8) is 0 Å². The summed E-state index contributed by atoms with van der Waals surface area (Å²) < 4.78 is 0. The highest BCUT2D eigenvalue weighted by molar-refractivity contribution is 7.13. The molecule has 0 radical (unpaired) electrons. The number of aromatic nitrogens is 1. The first-order valence-corrected chi connectivity index (χ1v) is 8.09. The van der Waals surface area contributed by atoms with Crippen LogP contribution in [0.5, 0.6) is 0 Å². The predicted molar refractivity (Wildman–Crippen MR) is 90.2 cm³/mol. The number of carboxylic acid groups (broad SMARTS) is 1. The van der Waals surface area contributed by atoms with E-state index in [0.717, 1.165) is 16.4 Å². The van der Waals surface area contributed by atoms with Crippen LogP contribution >= 0.6 is 11.3 Å². The summed E-state index contributed by atoms with van der Waals surface area (Å²) in [5.41, 5.74) is 13.9. The number of rotatable bonds is 9. The Kier molecular flexibility index (Phi) is 6.48. The minimum atomic E-state index is -1.30. The molecule has 0 saturated carbocycles. The third-order valence-electron chi connectivity index (χ3n) is 3.28. The van der Waals surface area contributed by atoms with Crippen LogP contribution in [0.2, 0.25) is 0 Å². The summed E-state index contributed by atoms with van der Waals surface area (Å²) >= 11 is 1.08. The van der Waals surface area contributed by atoms with Crippen LogP contribution in [0.4, 0.5) is 5.13 Å². The second kappa shape index (κ2) is 8.79. The van der Waals surface area contributed by atoms with Crippen LogP contribution in [0.1, 0.15) is 5.69 Å². The average Bonchev–Trinajstić information content (AvgIpc) is 3.05. The standard InChI is InChI=1S/C12H14N8O6S/c1-25-18-8(5-4-27-12(13)16-5)10(23)17-9-6(2-15-19-14)20(11(9)24)26-3-7(21)22/h4,6,9H,2-3H2,1H3,(H2,13,16)(H,17,23)(H,21,22)/t6-,9-/m0/s1. The molecule has 1 aliphatic rings. The van der Waals surface area contributed by atoms with Gasteiger partial charge in [-0.05, 0) is 5.53 Å². The van der Waals surface area contributed by atoms with Crippen LogP contribution in [0.25, 0.3) is 10.4 Å². The maximum Gasteiger partial charge on any atom is 0.332 e. The zero-order valence-electron chi connectivity index (χ0n) is 13.8. The zero-order chi connectivity index (χ0) is 20.0. The lowest BCUT2D eigenvalue weighted by molar-refractivity contribution is -0.234. The summed E-state index contributed by atoms with van der Waals surface area (Å²) in [6.07, 6.45) is 0. The van der Waals surface area contributed by atoms with E-state index >= 15 is 0 Å².